The number of nitrogens with two attached hydrogens (primary N) is 1. The third-order valence-electron chi connectivity index (χ3n) is 5.65. The van der Waals surface area contributed by atoms with Crippen LogP contribution < -0.4 is 5.73 Å². The van der Waals surface area contributed by atoms with Crippen molar-refractivity contribution >= 4 is 28.7 Å². The van der Waals surface area contributed by atoms with Gasteiger partial charge in [-0.15, -0.1) is 0 Å². The highest BCUT2D eigenvalue weighted by atomic mass is 16.2. The Morgan fingerprint density at radius 1 is 1.24 bits per heavy atom. The minimum atomic E-state index is 0.108. The zero-order chi connectivity index (χ0) is 20.4. The Morgan fingerprint density at radius 3 is 2.76 bits per heavy atom. The number of fused-ring (bicyclic) bond motifs is 1. The van der Waals surface area contributed by atoms with E-state index in [9.17, 15) is 4.79 Å². The fourth-order valence-corrected chi connectivity index (χ4v) is 4.18. The lowest BCUT2D eigenvalue weighted by atomic mass is 10.1. The predicted molar refractivity (Wildman–Crippen MR) is 116 cm³/mol. The van der Waals surface area contributed by atoms with Crippen LogP contribution in [0.4, 0.5) is 0 Å². The summed E-state index contributed by atoms with van der Waals surface area (Å²) in [6.45, 7) is 3.73. The Kier molecular flexibility index (Phi) is 5.16. The van der Waals surface area contributed by atoms with E-state index in [0.717, 1.165) is 36.1 Å². The predicted octanol–water partition coefficient (Wildman–Crippen LogP) is 3.54. The van der Waals surface area contributed by atoms with Crippen LogP contribution in [0.25, 0.3) is 16.6 Å². The lowest BCUT2D eigenvalue weighted by Gasteiger charge is -2.21. The summed E-state index contributed by atoms with van der Waals surface area (Å²) in [6, 6.07) is 15.6. The molecule has 148 valence electrons. The molecule has 3 N–H and O–H groups in total. The van der Waals surface area contributed by atoms with E-state index in [-0.39, 0.29) is 11.9 Å². The first kappa shape index (κ1) is 18.9. The number of amides is 1. The molecule has 0 spiro atoms. The molecule has 0 radical (unpaired) electrons. The number of pyridine rings is 1. The van der Waals surface area contributed by atoms with Crippen molar-refractivity contribution in [3.8, 4) is 0 Å². The zero-order valence-electron chi connectivity index (χ0n) is 16.5. The lowest BCUT2D eigenvalue weighted by molar-refractivity contribution is 0.0742. The number of hydrogen-bond donors (Lipinski definition) is 2. The van der Waals surface area contributed by atoms with Crippen molar-refractivity contribution in [1.29, 1.82) is 5.41 Å². The summed E-state index contributed by atoms with van der Waals surface area (Å²) in [4.78, 5) is 19.5. The third-order valence-corrected chi connectivity index (χ3v) is 5.65. The Labute approximate surface area is 170 Å². The average Bonchev–Trinajstić information content (AvgIpc) is 3.32. The van der Waals surface area contributed by atoms with Crippen LogP contribution in [-0.2, 0) is 6.54 Å². The molecular formula is C23H25N5O. The van der Waals surface area contributed by atoms with Crippen LogP contribution in [0.1, 0.15) is 29.4 Å². The number of allylic oxidation sites excluding steroid dienone is 1. The van der Waals surface area contributed by atoms with Crippen LogP contribution in [0.2, 0.25) is 0 Å². The van der Waals surface area contributed by atoms with Gasteiger partial charge in [0.15, 0.2) is 0 Å². The van der Waals surface area contributed by atoms with E-state index in [1.165, 1.54) is 12.4 Å². The molecule has 2 unspecified atom stereocenters. The van der Waals surface area contributed by atoms with E-state index >= 15 is 0 Å². The van der Waals surface area contributed by atoms with Crippen LogP contribution >= 0.6 is 0 Å². The number of nitrogens with one attached hydrogen (secondary N) is 1. The molecule has 4 rings (SSSR count). The van der Waals surface area contributed by atoms with Gasteiger partial charge in [0.05, 0.1) is 16.7 Å². The summed E-state index contributed by atoms with van der Waals surface area (Å²) in [6.07, 6.45) is 5.64. The van der Waals surface area contributed by atoms with E-state index in [1.54, 1.807) is 0 Å². The van der Waals surface area contributed by atoms with Crippen LogP contribution in [-0.4, -0.2) is 39.2 Å². The number of carbonyl (C=O) groups excluding carboxylic acids is 1. The topological polar surface area (TPSA) is 88.0 Å². The first-order valence-electron chi connectivity index (χ1n) is 9.85. The van der Waals surface area contributed by atoms with Crippen molar-refractivity contribution in [2.75, 3.05) is 6.54 Å². The first-order valence-corrected chi connectivity index (χ1v) is 9.85. The smallest absolute Gasteiger partial charge is 0.254 e. The van der Waals surface area contributed by atoms with Crippen molar-refractivity contribution < 1.29 is 4.79 Å². The number of hydrogen-bond acceptors (Lipinski definition) is 4. The van der Waals surface area contributed by atoms with Gasteiger partial charge in [0.2, 0.25) is 0 Å². The van der Waals surface area contributed by atoms with Gasteiger partial charge < -0.3 is 20.6 Å². The molecule has 1 saturated heterocycles. The maximum Gasteiger partial charge on any atom is 0.254 e. The highest BCUT2D eigenvalue weighted by molar-refractivity contribution is 6.07. The van der Waals surface area contributed by atoms with Gasteiger partial charge in [0, 0.05) is 48.9 Å². The van der Waals surface area contributed by atoms with Gasteiger partial charge >= 0.3 is 0 Å². The SMILES string of the molecule is CC1CC(Cn2ccc3nc(/C(C=N)=C/N)ccc32)CN1C(=O)c1ccccc1. The van der Waals surface area contributed by atoms with Crippen LogP contribution in [0.3, 0.4) is 0 Å². The summed E-state index contributed by atoms with van der Waals surface area (Å²) >= 11 is 0. The summed E-state index contributed by atoms with van der Waals surface area (Å²) in [5, 5.41) is 7.44. The minimum absolute atomic E-state index is 0.108. The average molecular weight is 387 g/mol. The van der Waals surface area contributed by atoms with Gasteiger partial charge in [-0.3, -0.25) is 4.79 Å². The Bertz CT molecular complexity index is 1070. The standard InChI is InChI=1S/C23H25N5O/c1-16-11-17(15-28(16)23(29)18-5-3-2-4-6-18)14-27-10-9-21-22(27)8-7-20(26-21)19(12-24)13-25/h2-10,12-13,16-17,24H,11,14-15,25H2,1H3/b19-13+,24-12?. The number of nitrogens with zero attached hydrogens (tertiary/aromatic N) is 3. The van der Waals surface area contributed by atoms with E-state index in [1.807, 2.05) is 59.6 Å². The molecule has 3 heterocycles. The van der Waals surface area contributed by atoms with E-state index in [2.05, 4.69) is 16.5 Å². The fraction of sp³-hybridized carbons (Fsp3) is 0.261. The fourth-order valence-electron chi connectivity index (χ4n) is 4.18. The molecule has 2 atom stereocenters. The third kappa shape index (κ3) is 3.66. The van der Waals surface area contributed by atoms with Gasteiger partial charge in [0.1, 0.15) is 0 Å². The van der Waals surface area contributed by atoms with Crippen molar-refractivity contribution in [1.82, 2.24) is 14.5 Å². The zero-order valence-corrected chi connectivity index (χ0v) is 16.5. The van der Waals surface area contributed by atoms with Crippen molar-refractivity contribution in [2.45, 2.75) is 25.9 Å². The number of likely N-dealkylation sites (tertiary alicyclic amines) is 1. The van der Waals surface area contributed by atoms with Crippen LogP contribution in [0.5, 0.6) is 0 Å². The molecule has 0 saturated carbocycles. The second-order valence-electron chi connectivity index (χ2n) is 7.61. The van der Waals surface area contributed by atoms with E-state index in [0.29, 0.717) is 17.2 Å². The highest BCUT2D eigenvalue weighted by Gasteiger charge is 2.33. The first-order chi connectivity index (χ1) is 14.1. The van der Waals surface area contributed by atoms with E-state index in [4.69, 9.17) is 11.1 Å². The largest absolute Gasteiger partial charge is 0.404 e. The van der Waals surface area contributed by atoms with Crippen LogP contribution in [0, 0.1) is 11.3 Å². The molecule has 1 aliphatic rings. The lowest BCUT2D eigenvalue weighted by Crippen LogP contribution is -2.34. The van der Waals surface area contributed by atoms with Gasteiger partial charge in [0.25, 0.3) is 5.91 Å². The Balaban J connectivity index is 1.50. The number of rotatable bonds is 5. The molecule has 3 aromatic rings. The minimum Gasteiger partial charge on any atom is -0.404 e. The van der Waals surface area contributed by atoms with Gasteiger partial charge in [-0.25, -0.2) is 4.98 Å². The molecule has 2 aromatic heterocycles. The molecule has 1 fully saturated rings. The van der Waals surface area contributed by atoms with Gasteiger partial charge in [-0.05, 0) is 49.6 Å². The second kappa shape index (κ2) is 7.91. The molecule has 0 bridgehead atoms. The summed E-state index contributed by atoms with van der Waals surface area (Å²) in [7, 11) is 0. The molecule has 1 amide bonds. The molecule has 6 nitrogen and oxygen atoms in total. The second-order valence-corrected chi connectivity index (χ2v) is 7.61. The molecule has 1 aliphatic heterocycles. The quantitative estimate of drug-likeness (QED) is 0.657. The summed E-state index contributed by atoms with van der Waals surface area (Å²) in [5.41, 5.74) is 9.55. The molecular weight excluding hydrogens is 362 g/mol. The van der Waals surface area contributed by atoms with Crippen molar-refractivity contribution in [2.24, 2.45) is 11.7 Å². The van der Waals surface area contributed by atoms with Crippen molar-refractivity contribution in [3.05, 3.63) is 72.2 Å². The summed E-state index contributed by atoms with van der Waals surface area (Å²) < 4.78 is 2.20. The number of benzene rings is 1. The molecule has 6 heteroatoms. The maximum atomic E-state index is 12.9. The Morgan fingerprint density at radius 2 is 2.03 bits per heavy atom. The molecule has 0 aliphatic carbocycles. The summed E-state index contributed by atoms with van der Waals surface area (Å²) in [5.74, 6) is 0.506. The molecule has 29 heavy (non-hydrogen) atoms. The van der Waals surface area contributed by atoms with Gasteiger partial charge in [-0.1, -0.05) is 18.2 Å². The molecule has 1 aromatic carbocycles. The number of carbonyl (C=O) groups is 1. The van der Waals surface area contributed by atoms with E-state index < -0.39 is 0 Å². The normalized spacial score (nSPS) is 19.6. The van der Waals surface area contributed by atoms with Crippen molar-refractivity contribution in [3.63, 3.8) is 0 Å². The highest BCUT2D eigenvalue weighted by Crippen LogP contribution is 2.28. The number of aromatic nitrogens is 2. The maximum absolute atomic E-state index is 12.9. The Hall–Kier alpha value is -3.41. The van der Waals surface area contributed by atoms with Gasteiger partial charge in [-0.2, -0.15) is 0 Å². The monoisotopic (exact) mass is 387 g/mol. The van der Waals surface area contributed by atoms with Crippen LogP contribution in [0.15, 0.2) is 60.9 Å².